The summed E-state index contributed by atoms with van der Waals surface area (Å²) in [4.78, 5) is 10.4. The van der Waals surface area contributed by atoms with Gasteiger partial charge in [0.25, 0.3) is 10.0 Å². The van der Waals surface area contributed by atoms with Gasteiger partial charge in [-0.05, 0) is 42.5 Å². The number of anilines is 1. The first-order valence-corrected chi connectivity index (χ1v) is 8.59. The predicted octanol–water partition coefficient (Wildman–Crippen LogP) is 2.35. The Bertz CT molecular complexity index is 851. The SMILES string of the molecule is COCCOc1ccc(F)cc1S(=O)(=O)Nc1ccc(C(=O)O)cc1. The number of benzene rings is 2. The fraction of sp³-hybridized carbons (Fsp3) is 0.188. The van der Waals surface area contributed by atoms with Crippen molar-refractivity contribution in [3.05, 3.63) is 53.8 Å². The molecular formula is C16H16FNO6S. The van der Waals surface area contributed by atoms with Gasteiger partial charge in [-0.3, -0.25) is 4.72 Å². The topological polar surface area (TPSA) is 102 Å². The highest BCUT2D eigenvalue weighted by Crippen LogP contribution is 2.27. The molecule has 0 aliphatic carbocycles. The van der Waals surface area contributed by atoms with E-state index in [9.17, 15) is 17.6 Å². The van der Waals surface area contributed by atoms with Crippen LogP contribution in [0.3, 0.4) is 0 Å². The minimum atomic E-state index is -4.14. The molecule has 0 unspecified atom stereocenters. The molecule has 0 bridgehead atoms. The van der Waals surface area contributed by atoms with E-state index in [0.717, 1.165) is 12.1 Å². The normalized spacial score (nSPS) is 11.1. The molecular weight excluding hydrogens is 353 g/mol. The van der Waals surface area contributed by atoms with Crippen molar-refractivity contribution in [2.45, 2.75) is 4.90 Å². The summed E-state index contributed by atoms with van der Waals surface area (Å²) in [6.07, 6.45) is 0. The number of sulfonamides is 1. The van der Waals surface area contributed by atoms with Crippen molar-refractivity contribution in [3.63, 3.8) is 0 Å². The molecule has 9 heteroatoms. The van der Waals surface area contributed by atoms with Crippen molar-refractivity contribution < 1.29 is 32.2 Å². The first kappa shape index (κ1) is 18.7. The van der Waals surface area contributed by atoms with Gasteiger partial charge in [0.05, 0.1) is 12.2 Å². The summed E-state index contributed by atoms with van der Waals surface area (Å²) >= 11 is 0. The average molecular weight is 369 g/mol. The van der Waals surface area contributed by atoms with Crippen LogP contribution >= 0.6 is 0 Å². The Morgan fingerprint density at radius 2 is 1.84 bits per heavy atom. The molecule has 2 rings (SSSR count). The highest BCUT2D eigenvalue weighted by molar-refractivity contribution is 7.92. The van der Waals surface area contributed by atoms with Gasteiger partial charge in [0.2, 0.25) is 0 Å². The van der Waals surface area contributed by atoms with Gasteiger partial charge in [0.1, 0.15) is 23.1 Å². The number of carbonyl (C=O) groups is 1. The number of ether oxygens (including phenoxy) is 2. The number of halogens is 1. The van der Waals surface area contributed by atoms with Crippen LogP contribution in [0, 0.1) is 5.82 Å². The number of rotatable bonds is 8. The molecule has 0 aromatic heterocycles. The van der Waals surface area contributed by atoms with Crippen molar-refractivity contribution in [2.75, 3.05) is 25.0 Å². The van der Waals surface area contributed by atoms with E-state index in [4.69, 9.17) is 14.6 Å². The molecule has 2 aromatic carbocycles. The molecule has 2 N–H and O–H groups in total. The van der Waals surface area contributed by atoms with Crippen molar-refractivity contribution in [1.29, 1.82) is 0 Å². The molecule has 0 aliphatic rings. The van der Waals surface area contributed by atoms with Gasteiger partial charge in [-0.25, -0.2) is 17.6 Å². The summed E-state index contributed by atoms with van der Waals surface area (Å²) < 4.78 is 51.0. The van der Waals surface area contributed by atoms with Gasteiger partial charge in [0.15, 0.2) is 0 Å². The van der Waals surface area contributed by atoms with Crippen LogP contribution in [0.1, 0.15) is 10.4 Å². The van der Waals surface area contributed by atoms with Gasteiger partial charge in [-0.2, -0.15) is 0 Å². The molecule has 0 spiro atoms. The molecule has 2 aromatic rings. The largest absolute Gasteiger partial charge is 0.490 e. The molecule has 7 nitrogen and oxygen atoms in total. The molecule has 0 atom stereocenters. The maximum Gasteiger partial charge on any atom is 0.335 e. The molecule has 134 valence electrons. The quantitative estimate of drug-likeness (QED) is 0.693. The Morgan fingerprint density at radius 3 is 2.44 bits per heavy atom. The van der Waals surface area contributed by atoms with E-state index in [1.165, 1.54) is 37.4 Å². The molecule has 0 saturated heterocycles. The van der Waals surface area contributed by atoms with E-state index in [-0.39, 0.29) is 35.1 Å². The molecule has 0 fully saturated rings. The number of nitrogens with one attached hydrogen (secondary N) is 1. The highest BCUT2D eigenvalue weighted by atomic mass is 32.2. The maximum atomic E-state index is 13.5. The van der Waals surface area contributed by atoms with Crippen molar-refractivity contribution in [1.82, 2.24) is 0 Å². The average Bonchev–Trinajstić information content (AvgIpc) is 2.56. The number of carboxylic acids is 1. The fourth-order valence-corrected chi connectivity index (χ4v) is 3.15. The number of hydrogen-bond donors (Lipinski definition) is 2. The fourth-order valence-electron chi connectivity index (χ4n) is 1.94. The van der Waals surface area contributed by atoms with E-state index in [2.05, 4.69) is 4.72 Å². The summed E-state index contributed by atoms with van der Waals surface area (Å²) in [5.74, 6) is -1.89. The number of hydrogen-bond acceptors (Lipinski definition) is 5. The Balaban J connectivity index is 2.28. The molecule has 0 amide bonds. The molecule has 25 heavy (non-hydrogen) atoms. The standard InChI is InChI=1S/C16H16FNO6S/c1-23-8-9-24-14-7-4-12(17)10-15(14)25(21,22)18-13-5-2-11(3-6-13)16(19)20/h2-7,10,18H,8-9H2,1H3,(H,19,20). The zero-order valence-electron chi connectivity index (χ0n) is 13.2. The first-order chi connectivity index (χ1) is 11.8. The zero-order chi connectivity index (χ0) is 18.4. The lowest BCUT2D eigenvalue weighted by Crippen LogP contribution is -2.16. The maximum absolute atomic E-state index is 13.5. The van der Waals surface area contributed by atoms with Crippen molar-refractivity contribution in [3.8, 4) is 5.75 Å². The third-order valence-electron chi connectivity index (χ3n) is 3.12. The van der Waals surface area contributed by atoms with Crippen molar-refractivity contribution in [2.24, 2.45) is 0 Å². The molecule has 0 saturated carbocycles. The van der Waals surface area contributed by atoms with Crippen molar-refractivity contribution >= 4 is 21.7 Å². The van der Waals surface area contributed by atoms with Crippen LogP contribution in [0.2, 0.25) is 0 Å². The highest BCUT2D eigenvalue weighted by Gasteiger charge is 2.21. The Hall–Kier alpha value is -2.65. The van der Waals surface area contributed by atoms with E-state index < -0.39 is 21.8 Å². The van der Waals surface area contributed by atoms with Crippen LogP contribution in [0.4, 0.5) is 10.1 Å². The minimum absolute atomic E-state index is 0.0114. The summed E-state index contributed by atoms with van der Waals surface area (Å²) in [6.45, 7) is 0.332. The van der Waals surface area contributed by atoms with Crippen LogP contribution in [-0.2, 0) is 14.8 Å². The first-order valence-electron chi connectivity index (χ1n) is 7.11. The second kappa shape index (κ2) is 7.95. The third kappa shape index (κ3) is 4.91. The monoisotopic (exact) mass is 369 g/mol. The Kier molecular flexibility index (Phi) is 5.94. The van der Waals surface area contributed by atoms with E-state index in [1.54, 1.807) is 0 Å². The second-order valence-electron chi connectivity index (χ2n) is 4.92. The van der Waals surface area contributed by atoms with Crippen LogP contribution in [0.15, 0.2) is 47.4 Å². The van der Waals surface area contributed by atoms with Gasteiger partial charge >= 0.3 is 5.97 Å². The summed E-state index contributed by atoms with van der Waals surface area (Å²) in [5, 5.41) is 8.85. The van der Waals surface area contributed by atoms with Gasteiger partial charge in [-0.1, -0.05) is 0 Å². The van der Waals surface area contributed by atoms with E-state index in [0.29, 0.717) is 0 Å². The number of methoxy groups -OCH3 is 1. The molecule has 0 radical (unpaired) electrons. The van der Waals surface area contributed by atoms with Crippen LogP contribution in [-0.4, -0.2) is 39.8 Å². The lowest BCUT2D eigenvalue weighted by Gasteiger charge is -2.13. The Labute approximate surface area is 144 Å². The number of aromatic carboxylic acids is 1. The number of carboxylic acid groups (broad SMARTS) is 1. The van der Waals surface area contributed by atoms with Crippen LogP contribution in [0.5, 0.6) is 5.75 Å². The van der Waals surface area contributed by atoms with Gasteiger partial charge < -0.3 is 14.6 Å². The van der Waals surface area contributed by atoms with Gasteiger partial charge in [0, 0.05) is 12.8 Å². The Morgan fingerprint density at radius 1 is 1.16 bits per heavy atom. The predicted molar refractivity (Wildman–Crippen MR) is 88.0 cm³/mol. The van der Waals surface area contributed by atoms with E-state index in [1.807, 2.05) is 0 Å². The third-order valence-corrected chi connectivity index (χ3v) is 4.53. The minimum Gasteiger partial charge on any atom is -0.490 e. The lowest BCUT2D eigenvalue weighted by molar-refractivity contribution is 0.0697. The summed E-state index contributed by atoms with van der Waals surface area (Å²) in [5.41, 5.74) is 0.148. The van der Waals surface area contributed by atoms with Crippen LogP contribution < -0.4 is 9.46 Å². The smallest absolute Gasteiger partial charge is 0.335 e. The van der Waals surface area contributed by atoms with E-state index >= 15 is 0 Å². The molecule has 0 heterocycles. The lowest BCUT2D eigenvalue weighted by atomic mass is 10.2. The second-order valence-corrected chi connectivity index (χ2v) is 6.57. The molecule has 0 aliphatic heterocycles. The zero-order valence-corrected chi connectivity index (χ0v) is 14.0. The summed E-state index contributed by atoms with van der Waals surface area (Å²) in [6, 6.07) is 8.24. The van der Waals surface area contributed by atoms with Crippen LogP contribution in [0.25, 0.3) is 0 Å². The summed E-state index contributed by atoms with van der Waals surface area (Å²) in [7, 11) is -2.67. The van der Waals surface area contributed by atoms with Gasteiger partial charge in [-0.15, -0.1) is 0 Å².